The van der Waals surface area contributed by atoms with Gasteiger partial charge in [0, 0.05) is 45.5 Å². The number of pyridine rings is 1. The number of methoxy groups -OCH3 is 1. The molecular formula is C28H42F2N6O3. The number of rotatable bonds is 13. The summed E-state index contributed by atoms with van der Waals surface area (Å²) in [5, 5.41) is 1.45. The van der Waals surface area contributed by atoms with Gasteiger partial charge in [-0.3, -0.25) is 19.5 Å². The summed E-state index contributed by atoms with van der Waals surface area (Å²) >= 11 is 0. The SMILES string of the molecule is CCCC(/C=C\C=O)=C/N(C)C/C(=C(/N)c1ccc(CN2CC(C(=O)OC)CC(F)(F)C2)c(CC)n1)N(C)N. The molecule has 9 nitrogen and oxygen atoms in total. The highest BCUT2D eigenvalue weighted by molar-refractivity contribution is 5.72. The number of hydrazine groups is 1. The second-order valence-electron chi connectivity index (χ2n) is 9.94. The van der Waals surface area contributed by atoms with Crippen LogP contribution in [0.3, 0.4) is 0 Å². The minimum Gasteiger partial charge on any atom is -0.469 e. The van der Waals surface area contributed by atoms with E-state index in [1.807, 2.05) is 31.1 Å². The van der Waals surface area contributed by atoms with E-state index in [-0.39, 0.29) is 13.1 Å². The van der Waals surface area contributed by atoms with Gasteiger partial charge in [-0.15, -0.1) is 0 Å². The second-order valence-corrected chi connectivity index (χ2v) is 9.94. The molecule has 0 aliphatic carbocycles. The van der Waals surface area contributed by atoms with Gasteiger partial charge in [0.2, 0.25) is 0 Å². The number of allylic oxidation sites excluding steroid dienone is 3. The molecule has 1 aromatic heterocycles. The average Bonchev–Trinajstić information content (AvgIpc) is 2.88. The van der Waals surface area contributed by atoms with Crippen LogP contribution in [0.2, 0.25) is 0 Å². The lowest BCUT2D eigenvalue weighted by molar-refractivity contribution is -0.157. The fourth-order valence-corrected chi connectivity index (χ4v) is 4.75. The number of halogens is 2. The number of aryl methyl sites for hydroxylation is 1. The summed E-state index contributed by atoms with van der Waals surface area (Å²) in [6, 6.07) is 3.60. The van der Waals surface area contributed by atoms with Crippen molar-refractivity contribution in [2.75, 3.05) is 40.8 Å². The third kappa shape index (κ3) is 9.43. The monoisotopic (exact) mass is 548 g/mol. The number of hydrogen-bond acceptors (Lipinski definition) is 9. The Balaban J connectivity index is 2.32. The summed E-state index contributed by atoms with van der Waals surface area (Å²) in [4.78, 5) is 31.0. The number of hydrogen-bond donors (Lipinski definition) is 2. The molecule has 216 valence electrons. The first-order chi connectivity index (χ1) is 18.4. The Morgan fingerprint density at radius 3 is 2.62 bits per heavy atom. The van der Waals surface area contributed by atoms with Crippen LogP contribution in [0.1, 0.15) is 50.1 Å². The number of ether oxygens (including phenoxy) is 1. The van der Waals surface area contributed by atoms with E-state index in [0.29, 0.717) is 30.1 Å². The largest absolute Gasteiger partial charge is 0.469 e. The maximum atomic E-state index is 14.4. The summed E-state index contributed by atoms with van der Waals surface area (Å²) in [6.45, 7) is 4.39. The molecule has 0 spiro atoms. The molecule has 4 N–H and O–H groups in total. The number of likely N-dealkylation sites (tertiary alicyclic amines) is 1. The number of carbonyl (C=O) groups is 2. The van der Waals surface area contributed by atoms with Crippen LogP contribution in [-0.2, 0) is 27.3 Å². The van der Waals surface area contributed by atoms with Gasteiger partial charge in [0.05, 0.1) is 43.2 Å². The Bertz CT molecular complexity index is 1090. The van der Waals surface area contributed by atoms with E-state index in [1.54, 1.807) is 24.1 Å². The van der Waals surface area contributed by atoms with Crippen molar-refractivity contribution >= 4 is 18.0 Å². The minimum atomic E-state index is -2.98. The molecule has 39 heavy (non-hydrogen) atoms. The van der Waals surface area contributed by atoms with E-state index < -0.39 is 30.8 Å². The molecule has 0 bridgehead atoms. The number of alkyl halides is 2. The zero-order chi connectivity index (χ0) is 29.2. The Morgan fingerprint density at radius 1 is 1.31 bits per heavy atom. The lowest BCUT2D eigenvalue weighted by atomic mass is 9.94. The molecule has 0 aromatic carbocycles. The van der Waals surface area contributed by atoms with Crippen molar-refractivity contribution in [3.8, 4) is 0 Å². The highest BCUT2D eigenvalue weighted by atomic mass is 19.3. The van der Waals surface area contributed by atoms with Gasteiger partial charge in [-0.25, -0.2) is 14.6 Å². The summed E-state index contributed by atoms with van der Waals surface area (Å²) in [6.07, 6.45) is 7.74. The lowest BCUT2D eigenvalue weighted by Crippen LogP contribution is -2.49. The summed E-state index contributed by atoms with van der Waals surface area (Å²) < 4.78 is 33.5. The van der Waals surface area contributed by atoms with Crippen LogP contribution in [0.5, 0.6) is 0 Å². The average molecular weight is 549 g/mol. The maximum absolute atomic E-state index is 14.4. The molecule has 1 unspecified atom stereocenters. The summed E-state index contributed by atoms with van der Waals surface area (Å²) in [5.74, 6) is 1.65. The quantitative estimate of drug-likeness (QED) is 0.0957. The molecule has 1 saturated heterocycles. The molecule has 0 amide bonds. The molecule has 11 heteroatoms. The zero-order valence-electron chi connectivity index (χ0n) is 23.6. The van der Waals surface area contributed by atoms with Crippen LogP contribution < -0.4 is 11.6 Å². The van der Waals surface area contributed by atoms with Crippen LogP contribution in [0, 0.1) is 5.92 Å². The number of nitrogens with two attached hydrogens (primary N) is 2. The number of aldehydes is 1. The lowest BCUT2D eigenvalue weighted by Gasteiger charge is -2.36. The number of piperidine rings is 1. The van der Waals surface area contributed by atoms with Gasteiger partial charge >= 0.3 is 5.97 Å². The van der Waals surface area contributed by atoms with Crippen LogP contribution >= 0.6 is 0 Å². The third-order valence-corrected chi connectivity index (χ3v) is 6.54. The zero-order valence-corrected chi connectivity index (χ0v) is 23.6. The summed E-state index contributed by atoms with van der Waals surface area (Å²) in [7, 11) is 4.80. The predicted molar refractivity (Wildman–Crippen MR) is 148 cm³/mol. The number of esters is 1. The van der Waals surface area contributed by atoms with Crippen molar-refractivity contribution in [2.24, 2.45) is 17.5 Å². The first-order valence-corrected chi connectivity index (χ1v) is 13.1. The number of aromatic nitrogens is 1. The van der Waals surface area contributed by atoms with Crippen LogP contribution in [0.15, 0.2) is 41.8 Å². The first kappa shape index (κ1) is 31.9. The predicted octanol–water partition coefficient (Wildman–Crippen LogP) is 3.08. The maximum Gasteiger partial charge on any atom is 0.310 e. The van der Waals surface area contributed by atoms with E-state index in [0.717, 1.165) is 36.0 Å². The molecule has 1 atom stereocenters. The fraction of sp³-hybridized carbons (Fsp3) is 0.536. The molecular weight excluding hydrogens is 506 g/mol. The van der Waals surface area contributed by atoms with E-state index in [4.69, 9.17) is 21.3 Å². The molecule has 1 aromatic rings. The van der Waals surface area contributed by atoms with Crippen molar-refractivity contribution in [1.82, 2.24) is 19.8 Å². The molecule has 1 aliphatic heterocycles. The number of nitrogens with zero attached hydrogens (tertiary/aromatic N) is 4. The van der Waals surface area contributed by atoms with Gasteiger partial charge in [-0.05, 0) is 36.1 Å². The van der Waals surface area contributed by atoms with Crippen LogP contribution in [0.25, 0.3) is 5.70 Å². The Morgan fingerprint density at radius 2 is 2.03 bits per heavy atom. The van der Waals surface area contributed by atoms with E-state index >= 15 is 0 Å². The fourth-order valence-electron chi connectivity index (χ4n) is 4.75. The van der Waals surface area contributed by atoms with Gasteiger partial charge in [0.15, 0.2) is 0 Å². The van der Waals surface area contributed by atoms with E-state index in [1.165, 1.54) is 18.2 Å². The Labute approximate surface area is 230 Å². The number of carbonyl (C=O) groups excluding carboxylic acids is 2. The third-order valence-electron chi connectivity index (χ3n) is 6.54. The molecule has 2 heterocycles. The van der Waals surface area contributed by atoms with Crippen molar-refractivity contribution in [3.05, 3.63) is 58.7 Å². The van der Waals surface area contributed by atoms with Gasteiger partial charge in [-0.2, -0.15) is 0 Å². The standard InChI is InChI=1S/C28H42F2N6O3/c1-6-9-20(10-8-13-37)15-34(3)18-25(35(4)32)26(31)24-12-11-21(23(7-2)33-24)16-36-17-22(27(38)39-5)14-28(29,30)19-36/h8,10-13,15,22H,6-7,9,14,16-19,31-32H2,1-5H3/b10-8-,20-15-,26-25-. The van der Waals surface area contributed by atoms with Gasteiger partial charge in [0.25, 0.3) is 5.92 Å². The van der Waals surface area contributed by atoms with Crippen LogP contribution in [0.4, 0.5) is 8.78 Å². The first-order valence-electron chi connectivity index (χ1n) is 13.1. The highest BCUT2D eigenvalue weighted by Gasteiger charge is 2.43. The summed E-state index contributed by atoms with van der Waals surface area (Å²) in [5.41, 5.74) is 10.6. The van der Waals surface area contributed by atoms with E-state index in [9.17, 15) is 18.4 Å². The van der Waals surface area contributed by atoms with Gasteiger partial charge in [-0.1, -0.05) is 32.4 Å². The molecule has 0 saturated carbocycles. The minimum absolute atomic E-state index is 0.194. The normalized spacial score (nSPS) is 18.6. The van der Waals surface area contributed by atoms with Crippen molar-refractivity contribution in [3.63, 3.8) is 0 Å². The van der Waals surface area contributed by atoms with Crippen molar-refractivity contribution < 1.29 is 23.1 Å². The molecule has 0 radical (unpaired) electrons. The van der Waals surface area contributed by atoms with E-state index in [2.05, 4.69) is 6.92 Å². The van der Waals surface area contributed by atoms with Gasteiger partial charge in [0.1, 0.15) is 6.29 Å². The highest BCUT2D eigenvalue weighted by Crippen LogP contribution is 2.32. The molecule has 2 rings (SSSR count). The molecule has 1 fully saturated rings. The molecule has 1 aliphatic rings. The topological polar surface area (TPSA) is 118 Å². The number of likely N-dealkylation sites (N-methyl/N-ethyl adjacent to an activating group) is 2. The Hall–Kier alpha value is -3.31. The smallest absolute Gasteiger partial charge is 0.310 e. The Kier molecular flexibility index (Phi) is 12.1. The van der Waals surface area contributed by atoms with Crippen molar-refractivity contribution in [2.45, 2.75) is 52.0 Å². The van der Waals surface area contributed by atoms with Crippen molar-refractivity contribution in [1.29, 1.82) is 0 Å². The van der Waals surface area contributed by atoms with Crippen LogP contribution in [-0.4, -0.2) is 78.8 Å². The second kappa shape index (κ2) is 14.7. The van der Waals surface area contributed by atoms with Gasteiger partial charge < -0.3 is 20.4 Å².